The first-order chi connectivity index (χ1) is 10.5. The van der Waals surface area contributed by atoms with E-state index in [9.17, 15) is 9.59 Å². The summed E-state index contributed by atoms with van der Waals surface area (Å²) in [6, 6.07) is 5.51. The first kappa shape index (κ1) is 16.1. The molecule has 2 amide bonds. The summed E-state index contributed by atoms with van der Waals surface area (Å²) in [5.74, 6) is 1.13. The molecule has 0 aromatic heterocycles. The van der Waals surface area contributed by atoms with Gasteiger partial charge in [0, 0.05) is 45.2 Å². The van der Waals surface area contributed by atoms with Gasteiger partial charge in [0.25, 0.3) is 0 Å². The number of rotatable bonds is 5. The molecular formula is C16H22N2O4. The van der Waals surface area contributed by atoms with Gasteiger partial charge in [0.1, 0.15) is 11.5 Å². The number of amides is 2. The molecule has 6 heteroatoms. The molecule has 1 aromatic rings. The molecule has 1 aliphatic heterocycles. The van der Waals surface area contributed by atoms with Crippen molar-refractivity contribution < 1.29 is 19.1 Å². The summed E-state index contributed by atoms with van der Waals surface area (Å²) in [6.45, 7) is 0.919. The highest BCUT2D eigenvalue weighted by Gasteiger charge is 2.33. The summed E-state index contributed by atoms with van der Waals surface area (Å²) in [6.07, 6.45) is 0.291. The molecule has 0 unspecified atom stereocenters. The Hall–Kier alpha value is -2.24. The zero-order valence-electron chi connectivity index (χ0n) is 13.5. The van der Waals surface area contributed by atoms with Crippen LogP contribution in [0.1, 0.15) is 12.0 Å². The van der Waals surface area contributed by atoms with Crippen LogP contribution in [0.2, 0.25) is 0 Å². The van der Waals surface area contributed by atoms with Crippen LogP contribution in [-0.4, -0.2) is 56.5 Å². The van der Waals surface area contributed by atoms with E-state index in [2.05, 4.69) is 0 Å². The smallest absolute Gasteiger partial charge is 0.228 e. The van der Waals surface area contributed by atoms with Crippen LogP contribution in [0.3, 0.4) is 0 Å². The SMILES string of the molecule is COc1ccc(CN(C)C(=O)[C@H]2CC(=O)N(C)C2)c(OC)c1. The predicted molar refractivity (Wildman–Crippen MR) is 81.8 cm³/mol. The number of hydrogen-bond acceptors (Lipinski definition) is 4. The molecule has 1 aromatic carbocycles. The maximum atomic E-state index is 12.4. The first-order valence-corrected chi connectivity index (χ1v) is 7.16. The van der Waals surface area contributed by atoms with E-state index >= 15 is 0 Å². The maximum absolute atomic E-state index is 12.4. The average Bonchev–Trinajstić information content (AvgIpc) is 2.86. The number of benzene rings is 1. The quantitative estimate of drug-likeness (QED) is 0.818. The van der Waals surface area contributed by atoms with Crippen molar-refractivity contribution in [2.45, 2.75) is 13.0 Å². The van der Waals surface area contributed by atoms with E-state index in [1.807, 2.05) is 12.1 Å². The molecule has 1 heterocycles. The van der Waals surface area contributed by atoms with Crippen molar-refractivity contribution in [3.8, 4) is 11.5 Å². The highest BCUT2D eigenvalue weighted by atomic mass is 16.5. The van der Waals surface area contributed by atoms with Gasteiger partial charge < -0.3 is 19.3 Å². The van der Waals surface area contributed by atoms with Crippen LogP contribution in [0.25, 0.3) is 0 Å². The summed E-state index contributed by atoms with van der Waals surface area (Å²) >= 11 is 0. The zero-order chi connectivity index (χ0) is 16.3. The summed E-state index contributed by atoms with van der Waals surface area (Å²) in [5, 5.41) is 0. The van der Waals surface area contributed by atoms with Crippen LogP contribution in [0.15, 0.2) is 18.2 Å². The van der Waals surface area contributed by atoms with E-state index in [0.717, 1.165) is 5.56 Å². The standard InChI is InChI=1S/C16H22N2O4/c1-17-10-12(7-15(17)19)16(20)18(2)9-11-5-6-13(21-3)8-14(11)22-4/h5-6,8,12H,7,9-10H2,1-4H3/t12-/m0/s1. The normalized spacial score (nSPS) is 17.5. The molecule has 2 rings (SSSR count). The lowest BCUT2D eigenvalue weighted by atomic mass is 10.1. The van der Waals surface area contributed by atoms with Crippen molar-refractivity contribution >= 4 is 11.8 Å². The number of likely N-dealkylation sites (tertiary alicyclic amines) is 1. The number of hydrogen-bond donors (Lipinski definition) is 0. The van der Waals surface area contributed by atoms with Gasteiger partial charge in [-0.25, -0.2) is 0 Å². The molecule has 1 aliphatic rings. The van der Waals surface area contributed by atoms with Gasteiger partial charge in [-0.05, 0) is 12.1 Å². The Morgan fingerprint density at radius 2 is 2.09 bits per heavy atom. The molecule has 0 saturated carbocycles. The second kappa shape index (κ2) is 6.68. The zero-order valence-corrected chi connectivity index (χ0v) is 13.5. The van der Waals surface area contributed by atoms with Crippen molar-refractivity contribution in [1.29, 1.82) is 0 Å². The Kier molecular flexibility index (Phi) is 4.90. The van der Waals surface area contributed by atoms with Gasteiger partial charge in [-0.3, -0.25) is 9.59 Å². The summed E-state index contributed by atoms with van der Waals surface area (Å²) in [5.41, 5.74) is 0.900. The van der Waals surface area contributed by atoms with Crippen LogP contribution < -0.4 is 9.47 Å². The summed E-state index contributed by atoms with van der Waals surface area (Å²) in [4.78, 5) is 27.2. The molecule has 0 bridgehead atoms. The minimum atomic E-state index is -0.258. The molecule has 0 radical (unpaired) electrons. The van der Waals surface area contributed by atoms with E-state index in [1.165, 1.54) is 0 Å². The Bertz CT molecular complexity index is 573. The molecule has 6 nitrogen and oxygen atoms in total. The summed E-state index contributed by atoms with van der Waals surface area (Å²) < 4.78 is 10.5. The third kappa shape index (κ3) is 3.32. The van der Waals surface area contributed by atoms with Gasteiger partial charge in [-0.15, -0.1) is 0 Å². The molecular weight excluding hydrogens is 284 g/mol. The molecule has 1 fully saturated rings. The van der Waals surface area contributed by atoms with E-state index < -0.39 is 0 Å². The van der Waals surface area contributed by atoms with Gasteiger partial charge in [0.05, 0.1) is 20.1 Å². The minimum absolute atomic E-state index is 0.0180. The highest BCUT2D eigenvalue weighted by Crippen LogP contribution is 2.26. The number of ether oxygens (including phenoxy) is 2. The molecule has 1 atom stereocenters. The third-order valence-corrected chi connectivity index (χ3v) is 3.97. The lowest BCUT2D eigenvalue weighted by Crippen LogP contribution is -2.33. The maximum Gasteiger partial charge on any atom is 0.228 e. The van der Waals surface area contributed by atoms with Crippen LogP contribution in [0.4, 0.5) is 0 Å². The monoisotopic (exact) mass is 306 g/mol. The van der Waals surface area contributed by atoms with Crippen LogP contribution in [0, 0.1) is 5.92 Å². The van der Waals surface area contributed by atoms with Gasteiger partial charge in [-0.1, -0.05) is 0 Å². The lowest BCUT2D eigenvalue weighted by Gasteiger charge is -2.22. The minimum Gasteiger partial charge on any atom is -0.497 e. The number of methoxy groups -OCH3 is 2. The molecule has 0 aliphatic carbocycles. The second-order valence-electron chi connectivity index (χ2n) is 5.55. The molecule has 1 saturated heterocycles. The van der Waals surface area contributed by atoms with Gasteiger partial charge in [0.2, 0.25) is 11.8 Å². The topological polar surface area (TPSA) is 59.1 Å². The number of carbonyl (C=O) groups excluding carboxylic acids is 2. The molecule has 0 N–H and O–H groups in total. The van der Waals surface area contributed by atoms with Gasteiger partial charge >= 0.3 is 0 Å². The van der Waals surface area contributed by atoms with Crippen molar-refractivity contribution in [2.24, 2.45) is 5.92 Å². The van der Waals surface area contributed by atoms with Crippen LogP contribution in [-0.2, 0) is 16.1 Å². The molecule has 22 heavy (non-hydrogen) atoms. The largest absolute Gasteiger partial charge is 0.497 e. The second-order valence-corrected chi connectivity index (χ2v) is 5.55. The van der Waals surface area contributed by atoms with E-state index in [1.54, 1.807) is 44.2 Å². The Morgan fingerprint density at radius 1 is 1.36 bits per heavy atom. The average molecular weight is 306 g/mol. The highest BCUT2D eigenvalue weighted by molar-refractivity contribution is 5.89. The predicted octanol–water partition coefficient (Wildman–Crippen LogP) is 1.14. The molecule has 0 spiro atoms. The Labute approximate surface area is 130 Å². The summed E-state index contributed by atoms with van der Waals surface area (Å²) in [7, 11) is 6.65. The van der Waals surface area contributed by atoms with Crippen LogP contribution >= 0.6 is 0 Å². The fourth-order valence-electron chi connectivity index (χ4n) is 2.66. The van der Waals surface area contributed by atoms with Gasteiger partial charge in [0.15, 0.2) is 0 Å². The van der Waals surface area contributed by atoms with Crippen molar-refractivity contribution in [1.82, 2.24) is 9.80 Å². The third-order valence-electron chi connectivity index (χ3n) is 3.97. The van der Waals surface area contributed by atoms with E-state index in [0.29, 0.717) is 31.0 Å². The van der Waals surface area contributed by atoms with E-state index in [4.69, 9.17) is 9.47 Å². The fraction of sp³-hybridized carbons (Fsp3) is 0.500. The van der Waals surface area contributed by atoms with E-state index in [-0.39, 0.29) is 17.7 Å². The van der Waals surface area contributed by atoms with Gasteiger partial charge in [-0.2, -0.15) is 0 Å². The fourth-order valence-corrected chi connectivity index (χ4v) is 2.66. The number of carbonyl (C=O) groups is 2. The lowest BCUT2D eigenvalue weighted by molar-refractivity contribution is -0.135. The Balaban J connectivity index is 2.07. The van der Waals surface area contributed by atoms with Crippen molar-refractivity contribution in [2.75, 3.05) is 34.9 Å². The van der Waals surface area contributed by atoms with Crippen LogP contribution in [0.5, 0.6) is 11.5 Å². The molecule has 120 valence electrons. The van der Waals surface area contributed by atoms with Crippen molar-refractivity contribution in [3.63, 3.8) is 0 Å². The van der Waals surface area contributed by atoms with Crippen molar-refractivity contribution in [3.05, 3.63) is 23.8 Å². The first-order valence-electron chi connectivity index (χ1n) is 7.16. The number of nitrogens with zero attached hydrogens (tertiary/aromatic N) is 2. The Morgan fingerprint density at radius 3 is 2.64 bits per heavy atom.